The minimum absolute atomic E-state index is 0.0382. The molecule has 0 amide bonds. The van der Waals surface area contributed by atoms with Crippen LogP contribution in [0, 0.1) is 0 Å². The Morgan fingerprint density at radius 2 is 1.94 bits per heavy atom. The Hall–Kier alpha value is -0.900. The van der Waals surface area contributed by atoms with E-state index in [1.807, 2.05) is 37.3 Å². The van der Waals surface area contributed by atoms with Gasteiger partial charge in [0.05, 0.1) is 19.3 Å². The van der Waals surface area contributed by atoms with Gasteiger partial charge in [-0.3, -0.25) is 0 Å². The van der Waals surface area contributed by atoms with E-state index in [2.05, 4.69) is 0 Å². The van der Waals surface area contributed by atoms with Crippen LogP contribution in [0.2, 0.25) is 0 Å². The number of hydrogen-bond donors (Lipinski definition) is 1. The van der Waals surface area contributed by atoms with E-state index < -0.39 is 6.29 Å². The highest BCUT2D eigenvalue weighted by Gasteiger charge is 2.09. The highest BCUT2D eigenvalue weighted by atomic mass is 16.6. The molecular weight excluding hydrogens is 204 g/mol. The molecule has 2 unspecified atom stereocenters. The maximum Gasteiger partial charge on any atom is 0.152 e. The molecule has 0 spiro atoms. The zero-order valence-corrected chi connectivity index (χ0v) is 9.93. The predicted octanol–water partition coefficient (Wildman–Crippen LogP) is 2.34. The van der Waals surface area contributed by atoms with E-state index in [4.69, 9.17) is 14.6 Å². The first-order valence-electron chi connectivity index (χ1n) is 5.67. The van der Waals surface area contributed by atoms with Crippen LogP contribution in [-0.4, -0.2) is 24.1 Å². The summed E-state index contributed by atoms with van der Waals surface area (Å²) >= 11 is 0. The third kappa shape index (κ3) is 5.26. The fourth-order valence-electron chi connectivity index (χ4n) is 1.41. The summed E-state index contributed by atoms with van der Waals surface area (Å²) < 4.78 is 10.8. The SMILES string of the molecule is CCC(COCc1ccccc1)OC(C)O. The van der Waals surface area contributed by atoms with Crippen molar-refractivity contribution >= 4 is 0 Å². The molecule has 1 rings (SSSR count). The van der Waals surface area contributed by atoms with E-state index in [-0.39, 0.29) is 6.10 Å². The van der Waals surface area contributed by atoms with Crippen LogP contribution in [0.5, 0.6) is 0 Å². The molecule has 0 radical (unpaired) electrons. The first-order valence-corrected chi connectivity index (χ1v) is 5.67. The van der Waals surface area contributed by atoms with E-state index in [9.17, 15) is 0 Å². The molecular formula is C13H20O3. The van der Waals surface area contributed by atoms with Gasteiger partial charge in [0.2, 0.25) is 0 Å². The summed E-state index contributed by atoms with van der Waals surface area (Å²) in [5.41, 5.74) is 1.15. The van der Waals surface area contributed by atoms with Crippen molar-refractivity contribution < 1.29 is 14.6 Å². The molecule has 1 aromatic rings. The number of aliphatic hydroxyl groups excluding tert-OH is 1. The lowest BCUT2D eigenvalue weighted by atomic mass is 10.2. The lowest BCUT2D eigenvalue weighted by molar-refractivity contribution is -0.143. The Kier molecular flexibility index (Phi) is 6.08. The Morgan fingerprint density at radius 1 is 1.25 bits per heavy atom. The highest BCUT2D eigenvalue weighted by Crippen LogP contribution is 2.05. The molecule has 1 N–H and O–H groups in total. The number of hydrogen-bond acceptors (Lipinski definition) is 3. The van der Waals surface area contributed by atoms with Crippen LogP contribution in [0.3, 0.4) is 0 Å². The van der Waals surface area contributed by atoms with Crippen molar-refractivity contribution in [2.75, 3.05) is 6.61 Å². The third-order valence-electron chi connectivity index (χ3n) is 2.26. The molecule has 16 heavy (non-hydrogen) atoms. The summed E-state index contributed by atoms with van der Waals surface area (Å²) in [7, 11) is 0. The maximum atomic E-state index is 9.09. The summed E-state index contributed by atoms with van der Waals surface area (Å²) in [6.45, 7) is 4.72. The van der Waals surface area contributed by atoms with Crippen molar-refractivity contribution in [2.45, 2.75) is 39.3 Å². The molecule has 0 fully saturated rings. The second-order valence-corrected chi connectivity index (χ2v) is 3.77. The van der Waals surface area contributed by atoms with Gasteiger partial charge >= 0.3 is 0 Å². The van der Waals surface area contributed by atoms with E-state index in [1.54, 1.807) is 6.92 Å². The molecule has 0 saturated heterocycles. The van der Waals surface area contributed by atoms with Crippen LogP contribution < -0.4 is 0 Å². The summed E-state index contributed by atoms with van der Waals surface area (Å²) in [6, 6.07) is 10.0. The molecule has 0 bridgehead atoms. The lowest BCUT2D eigenvalue weighted by Gasteiger charge is -2.18. The first kappa shape index (κ1) is 13.2. The van der Waals surface area contributed by atoms with Gasteiger partial charge in [0.25, 0.3) is 0 Å². The number of benzene rings is 1. The quantitative estimate of drug-likeness (QED) is 0.722. The molecule has 90 valence electrons. The molecule has 1 aromatic carbocycles. The number of aliphatic hydroxyl groups is 1. The summed E-state index contributed by atoms with van der Waals surface area (Å²) in [6.07, 6.45) is 0.0636. The van der Waals surface area contributed by atoms with Gasteiger partial charge in [-0.2, -0.15) is 0 Å². The summed E-state index contributed by atoms with van der Waals surface area (Å²) in [4.78, 5) is 0. The van der Waals surface area contributed by atoms with Crippen molar-refractivity contribution in [2.24, 2.45) is 0 Å². The molecule has 3 nitrogen and oxygen atoms in total. The fourth-order valence-corrected chi connectivity index (χ4v) is 1.41. The number of ether oxygens (including phenoxy) is 2. The van der Waals surface area contributed by atoms with Gasteiger partial charge in [-0.05, 0) is 18.9 Å². The van der Waals surface area contributed by atoms with E-state index in [0.29, 0.717) is 13.2 Å². The molecule has 0 aliphatic carbocycles. The predicted molar refractivity (Wildman–Crippen MR) is 62.9 cm³/mol. The zero-order valence-electron chi connectivity index (χ0n) is 9.93. The normalized spacial score (nSPS) is 14.7. The van der Waals surface area contributed by atoms with E-state index in [1.165, 1.54) is 0 Å². The van der Waals surface area contributed by atoms with Crippen LogP contribution in [0.4, 0.5) is 0 Å². The van der Waals surface area contributed by atoms with Crippen LogP contribution in [-0.2, 0) is 16.1 Å². The molecule has 0 heterocycles. The lowest BCUT2D eigenvalue weighted by Crippen LogP contribution is -2.23. The smallest absolute Gasteiger partial charge is 0.152 e. The summed E-state index contributed by atoms with van der Waals surface area (Å²) in [5.74, 6) is 0. The molecule has 3 heteroatoms. The average Bonchev–Trinajstić information content (AvgIpc) is 2.28. The van der Waals surface area contributed by atoms with Crippen LogP contribution in [0.25, 0.3) is 0 Å². The van der Waals surface area contributed by atoms with Gasteiger partial charge in [-0.1, -0.05) is 37.3 Å². The Bertz CT molecular complexity index is 272. The van der Waals surface area contributed by atoms with Crippen molar-refractivity contribution in [1.29, 1.82) is 0 Å². The van der Waals surface area contributed by atoms with E-state index >= 15 is 0 Å². The fraction of sp³-hybridized carbons (Fsp3) is 0.538. The van der Waals surface area contributed by atoms with E-state index in [0.717, 1.165) is 12.0 Å². The third-order valence-corrected chi connectivity index (χ3v) is 2.26. The first-order chi connectivity index (χ1) is 7.72. The highest BCUT2D eigenvalue weighted by molar-refractivity contribution is 5.13. The average molecular weight is 224 g/mol. The van der Waals surface area contributed by atoms with Gasteiger partial charge in [0.1, 0.15) is 0 Å². The molecule has 2 atom stereocenters. The maximum absolute atomic E-state index is 9.09. The standard InChI is InChI=1S/C13H20O3/c1-3-13(16-11(2)14)10-15-9-12-7-5-4-6-8-12/h4-8,11,13-14H,3,9-10H2,1-2H3. The van der Waals surface area contributed by atoms with Gasteiger partial charge < -0.3 is 14.6 Å². The Labute approximate surface area is 97.0 Å². The van der Waals surface area contributed by atoms with Crippen molar-refractivity contribution in [3.63, 3.8) is 0 Å². The monoisotopic (exact) mass is 224 g/mol. The van der Waals surface area contributed by atoms with Gasteiger partial charge in [-0.25, -0.2) is 0 Å². The second-order valence-electron chi connectivity index (χ2n) is 3.77. The largest absolute Gasteiger partial charge is 0.374 e. The van der Waals surface area contributed by atoms with Gasteiger partial charge in [0, 0.05) is 0 Å². The Balaban J connectivity index is 2.23. The minimum Gasteiger partial charge on any atom is -0.374 e. The van der Waals surface area contributed by atoms with Crippen LogP contribution in [0.15, 0.2) is 30.3 Å². The second kappa shape index (κ2) is 7.39. The summed E-state index contributed by atoms with van der Waals surface area (Å²) in [5, 5.41) is 9.09. The molecule has 0 aliphatic rings. The van der Waals surface area contributed by atoms with Gasteiger partial charge in [-0.15, -0.1) is 0 Å². The van der Waals surface area contributed by atoms with Gasteiger partial charge in [0.15, 0.2) is 6.29 Å². The number of rotatable bonds is 7. The van der Waals surface area contributed by atoms with Crippen LogP contribution >= 0.6 is 0 Å². The van der Waals surface area contributed by atoms with Crippen LogP contribution in [0.1, 0.15) is 25.8 Å². The molecule has 0 aliphatic heterocycles. The molecule has 0 aromatic heterocycles. The van der Waals surface area contributed by atoms with Crippen molar-refractivity contribution in [1.82, 2.24) is 0 Å². The topological polar surface area (TPSA) is 38.7 Å². The Morgan fingerprint density at radius 3 is 2.50 bits per heavy atom. The molecule has 0 saturated carbocycles. The van der Waals surface area contributed by atoms with Crippen molar-refractivity contribution in [3.8, 4) is 0 Å². The minimum atomic E-state index is -0.731. The van der Waals surface area contributed by atoms with Crippen molar-refractivity contribution in [3.05, 3.63) is 35.9 Å². The zero-order chi connectivity index (χ0) is 11.8.